The second-order valence-electron chi connectivity index (χ2n) is 7.19. The van der Waals surface area contributed by atoms with Crippen molar-refractivity contribution in [2.24, 2.45) is 5.41 Å². The Morgan fingerprint density at radius 3 is 2.48 bits per heavy atom. The van der Waals surface area contributed by atoms with Gasteiger partial charge in [-0.15, -0.1) is 0 Å². The fourth-order valence-electron chi connectivity index (χ4n) is 3.08. The summed E-state index contributed by atoms with van der Waals surface area (Å²) in [6.45, 7) is 0.0101. The third-order valence-corrected chi connectivity index (χ3v) is 7.55. The van der Waals surface area contributed by atoms with Crippen molar-refractivity contribution in [3.8, 4) is 0 Å². The van der Waals surface area contributed by atoms with Crippen LogP contribution in [0.5, 0.6) is 0 Å². The second kappa shape index (κ2) is 8.68. The predicted octanol–water partition coefficient (Wildman–Crippen LogP) is 4.61. The van der Waals surface area contributed by atoms with E-state index in [1.807, 2.05) is 4.72 Å². The summed E-state index contributed by atoms with van der Waals surface area (Å²) in [5, 5.41) is 4.39. The number of thiazole rings is 1. The molecule has 172 valence electrons. The Bertz CT molecular complexity index is 1060. The molecule has 0 bridgehead atoms. The largest absolute Gasteiger partial charge is 0.394 e. The Hall–Kier alpha value is -1.70. The first-order chi connectivity index (χ1) is 14.4. The van der Waals surface area contributed by atoms with Gasteiger partial charge in [0.15, 0.2) is 10.3 Å². The lowest BCUT2D eigenvalue weighted by molar-refractivity contribution is -0.190. The van der Waals surface area contributed by atoms with Crippen LogP contribution in [-0.4, -0.2) is 39.2 Å². The summed E-state index contributed by atoms with van der Waals surface area (Å²) >= 11 is 6.49. The molecule has 2 aromatic rings. The molecule has 0 aliphatic heterocycles. The highest BCUT2D eigenvalue weighted by molar-refractivity contribution is 7.93. The Kier molecular flexibility index (Phi) is 6.71. The van der Waals surface area contributed by atoms with Gasteiger partial charge in [0.2, 0.25) is 0 Å². The summed E-state index contributed by atoms with van der Waals surface area (Å²) in [7, 11) is -2.91. The average Bonchev–Trinajstić information content (AvgIpc) is 3.36. The fraction of sp³-hybridized carbons (Fsp3) is 0.471. The number of alkyl halides is 3. The van der Waals surface area contributed by atoms with E-state index in [-0.39, 0.29) is 41.6 Å². The van der Waals surface area contributed by atoms with Gasteiger partial charge in [0.25, 0.3) is 10.0 Å². The lowest BCUT2D eigenvalue weighted by Crippen LogP contribution is -2.39. The lowest BCUT2D eigenvalue weighted by Gasteiger charge is -2.25. The molecular weight excluding hydrogens is 487 g/mol. The van der Waals surface area contributed by atoms with Gasteiger partial charge in [-0.25, -0.2) is 17.8 Å². The van der Waals surface area contributed by atoms with E-state index in [9.17, 15) is 30.4 Å². The first-order valence-electron chi connectivity index (χ1n) is 8.98. The van der Waals surface area contributed by atoms with Gasteiger partial charge >= 0.3 is 6.18 Å². The summed E-state index contributed by atoms with van der Waals surface area (Å²) < 4.78 is 93.7. The van der Waals surface area contributed by atoms with Gasteiger partial charge in [-0.3, -0.25) is 4.72 Å². The van der Waals surface area contributed by atoms with Crippen LogP contribution in [0.4, 0.5) is 32.8 Å². The number of aromatic nitrogens is 1. The molecular formula is C17H18ClF5N4O2S2. The molecule has 3 rings (SSSR count). The molecule has 31 heavy (non-hydrogen) atoms. The molecule has 1 atom stereocenters. The SMILES string of the molecule is CNC(CNc1cc(F)c(S(=O)(=O)Nc2ncc(F)s2)cc1Cl)CC1(C(F)(F)F)CC1. The summed E-state index contributed by atoms with van der Waals surface area (Å²) in [6, 6.07) is 1.12. The number of benzene rings is 1. The standard InChI is InChI=1S/C17H18ClF5N4O2S2/c1-24-9(6-16(2-3-16)17(21,22)23)7-25-12-5-11(19)13(4-10(12)18)31(28,29)27-15-26-8-14(20)30-15/h4-5,8-9,24-25H,2-3,6-7H2,1H3,(H,26,27). The number of nitrogens with one attached hydrogen (secondary N) is 3. The van der Waals surface area contributed by atoms with Gasteiger partial charge in [-0.1, -0.05) is 22.9 Å². The van der Waals surface area contributed by atoms with Crippen molar-refractivity contribution in [3.63, 3.8) is 0 Å². The van der Waals surface area contributed by atoms with E-state index in [1.54, 1.807) is 0 Å². The van der Waals surface area contributed by atoms with Crippen LogP contribution >= 0.6 is 22.9 Å². The van der Waals surface area contributed by atoms with E-state index in [0.29, 0.717) is 11.3 Å². The third kappa shape index (κ3) is 5.38. The average molecular weight is 505 g/mol. The summed E-state index contributed by atoms with van der Waals surface area (Å²) in [5.74, 6) is -1.15. The third-order valence-electron chi connectivity index (χ3n) is 5.05. The smallest absolute Gasteiger partial charge is 0.382 e. The molecule has 6 nitrogen and oxygen atoms in total. The molecule has 1 heterocycles. The summed E-state index contributed by atoms with van der Waals surface area (Å²) in [5.41, 5.74) is -1.69. The zero-order chi connectivity index (χ0) is 23.0. The van der Waals surface area contributed by atoms with Gasteiger partial charge in [0.1, 0.15) is 10.7 Å². The monoisotopic (exact) mass is 504 g/mol. The number of sulfonamides is 1. The Labute approximate surface area is 184 Å². The first kappa shape index (κ1) is 24.0. The molecule has 0 amide bonds. The number of anilines is 2. The minimum absolute atomic E-state index is 0.0101. The molecule has 1 unspecified atom stereocenters. The van der Waals surface area contributed by atoms with Crippen LogP contribution in [0.1, 0.15) is 19.3 Å². The van der Waals surface area contributed by atoms with E-state index in [0.717, 1.165) is 18.3 Å². The molecule has 1 aliphatic rings. The van der Waals surface area contributed by atoms with Crippen LogP contribution in [0, 0.1) is 16.4 Å². The number of nitrogens with zero attached hydrogens (tertiary/aromatic N) is 1. The topological polar surface area (TPSA) is 83.1 Å². The number of halogens is 6. The maximum absolute atomic E-state index is 14.5. The van der Waals surface area contributed by atoms with Crippen molar-refractivity contribution < 1.29 is 30.4 Å². The van der Waals surface area contributed by atoms with Crippen LogP contribution in [0.15, 0.2) is 23.2 Å². The number of hydrogen-bond acceptors (Lipinski definition) is 6. The van der Waals surface area contributed by atoms with Gasteiger partial charge in [-0.05, 0) is 38.4 Å². The second-order valence-corrected chi connectivity index (χ2v) is 10.2. The zero-order valence-corrected chi connectivity index (χ0v) is 18.4. The predicted molar refractivity (Wildman–Crippen MR) is 108 cm³/mol. The minimum Gasteiger partial charge on any atom is -0.382 e. The van der Waals surface area contributed by atoms with Gasteiger partial charge in [0, 0.05) is 12.6 Å². The van der Waals surface area contributed by atoms with Crippen LogP contribution in [0.2, 0.25) is 5.02 Å². The molecule has 3 N–H and O–H groups in total. The Morgan fingerprint density at radius 2 is 1.97 bits per heavy atom. The number of rotatable bonds is 9. The van der Waals surface area contributed by atoms with Crippen LogP contribution in [0.3, 0.4) is 0 Å². The van der Waals surface area contributed by atoms with Crippen molar-refractivity contribution in [2.45, 2.75) is 36.4 Å². The molecule has 1 fully saturated rings. The normalized spacial score (nSPS) is 16.7. The van der Waals surface area contributed by atoms with Crippen LogP contribution in [-0.2, 0) is 10.0 Å². The van der Waals surface area contributed by atoms with Gasteiger partial charge < -0.3 is 10.6 Å². The van der Waals surface area contributed by atoms with Gasteiger partial charge in [0.05, 0.1) is 22.3 Å². The maximum atomic E-state index is 14.5. The van der Waals surface area contributed by atoms with E-state index in [4.69, 9.17) is 11.6 Å². The highest BCUT2D eigenvalue weighted by Crippen LogP contribution is 2.60. The van der Waals surface area contributed by atoms with Crippen molar-refractivity contribution in [2.75, 3.05) is 23.6 Å². The van der Waals surface area contributed by atoms with Crippen LogP contribution < -0.4 is 15.4 Å². The van der Waals surface area contributed by atoms with Crippen molar-refractivity contribution in [1.82, 2.24) is 10.3 Å². The number of likely N-dealkylation sites (N-methyl/N-ethyl adjacent to an activating group) is 1. The number of hydrogen-bond donors (Lipinski definition) is 3. The molecule has 0 saturated heterocycles. The molecule has 1 aromatic heterocycles. The maximum Gasteiger partial charge on any atom is 0.394 e. The van der Waals surface area contributed by atoms with E-state index in [1.165, 1.54) is 7.05 Å². The Balaban J connectivity index is 1.71. The molecule has 0 spiro atoms. The molecule has 1 aliphatic carbocycles. The summed E-state index contributed by atoms with van der Waals surface area (Å²) in [6.07, 6.45) is -3.52. The van der Waals surface area contributed by atoms with Crippen LogP contribution in [0.25, 0.3) is 0 Å². The Morgan fingerprint density at radius 1 is 1.29 bits per heavy atom. The molecule has 14 heteroatoms. The van der Waals surface area contributed by atoms with E-state index in [2.05, 4.69) is 15.6 Å². The molecule has 1 aromatic carbocycles. The zero-order valence-electron chi connectivity index (χ0n) is 16.0. The fourth-order valence-corrected chi connectivity index (χ4v) is 5.24. The highest BCUT2D eigenvalue weighted by Gasteiger charge is 2.63. The highest BCUT2D eigenvalue weighted by atomic mass is 35.5. The lowest BCUT2D eigenvalue weighted by atomic mass is 9.96. The summed E-state index contributed by atoms with van der Waals surface area (Å²) in [4.78, 5) is 2.72. The van der Waals surface area contributed by atoms with E-state index >= 15 is 0 Å². The first-order valence-corrected chi connectivity index (χ1v) is 11.7. The minimum atomic E-state index is -4.43. The quantitative estimate of drug-likeness (QED) is 0.434. The van der Waals surface area contributed by atoms with Crippen molar-refractivity contribution in [3.05, 3.63) is 34.3 Å². The van der Waals surface area contributed by atoms with Crippen molar-refractivity contribution >= 4 is 43.8 Å². The molecule has 0 radical (unpaired) electrons. The van der Waals surface area contributed by atoms with E-state index < -0.39 is 43.5 Å². The molecule has 1 saturated carbocycles. The van der Waals surface area contributed by atoms with Crippen molar-refractivity contribution in [1.29, 1.82) is 0 Å². The van der Waals surface area contributed by atoms with Gasteiger partial charge in [-0.2, -0.15) is 17.6 Å².